The van der Waals surface area contributed by atoms with Crippen LogP contribution in [0.4, 0.5) is 0 Å². The summed E-state index contributed by atoms with van der Waals surface area (Å²) in [4.78, 5) is 32.9. The first kappa shape index (κ1) is 40.2. The summed E-state index contributed by atoms with van der Waals surface area (Å²) in [5.41, 5.74) is 6.42. The predicted molar refractivity (Wildman–Crippen MR) is 199 cm³/mol. The Bertz CT molecular complexity index is 1910. The van der Waals surface area contributed by atoms with Crippen LogP contribution in [0.25, 0.3) is 10.4 Å². The number of thiazole rings is 1. The number of hydrogen-bond acceptors (Lipinski definition) is 13. The average molecular weight is 769 g/mol. The molecule has 4 atom stereocenters. The number of amides is 1. The standard InChI is InChI=1S/C38H48N4O9S2/c1-5-50-53(46,47)36-13-8-25(2)17-35(36)49-16-15-48-14-6-7-30-18-34(51-41-30)32(23-43)26(3)21-42-22-31(44)19-33(42)38(45)39-20-28-9-11-29(12-10-28)37-27(4)40-24-52-37/h8-13,17-18,23-24,26,31-33,44H,5-7,14-16,19-22H2,1-4H3,(H,39,45)/t26?,31-,32?,33+/m1/s1. The molecule has 3 heterocycles. The smallest absolute Gasteiger partial charge is 0.300 e. The van der Waals surface area contributed by atoms with Crippen molar-refractivity contribution < 1.29 is 41.3 Å². The van der Waals surface area contributed by atoms with Gasteiger partial charge in [-0.2, -0.15) is 8.42 Å². The summed E-state index contributed by atoms with van der Waals surface area (Å²) in [6.07, 6.45) is 1.72. The van der Waals surface area contributed by atoms with Crippen LogP contribution < -0.4 is 10.1 Å². The Kier molecular flexibility index (Phi) is 14.3. The van der Waals surface area contributed by atoms with Crippen molar-refractivity contribution in [3.8, 4) is 16.2 Å². The third kappa shape index (κ3) is 10.8. The first-order valence-electron chi connectivity index (χ1n) is 17.8. The van der Waals surface area contributed by atoms with Gasteiger partial charge in [-0.1, -0.05) is 42.4 Å². The Hall–Kier alpha value is -3.99. The van der Waals surface area contributed by atoms with Gasteiger partial charge in [0, 0.05) is 32.3 Å². The van der Waals surface area contributed by atoms with Gasteiger partial charge in [0.2, 0.25) is 5.91 Å². The van der Waals surface area contributed by atoms with Gasteiger partial charge in [-0.3, -0.25) is 13.9 Å². The summed E-state index contributed by atoms with van der Waals surface area (Å²) < 4.78 is 46.7. The van der Waals surface area contributed by atoms with Crippen LogP contribution in [-0.4, -0.2) is 92.4 Å². The lowest BCUT2D eigenvalue weighted by Crippen LogP contribution is -2.45. The van der Waals surface area contributed by atoms with Crippen molar-refractivity contribution >= 4 is 33.6 Å². The van der Waals surface area contributed by atoms with E-state index < -0.39 is 28.2 Å². The quantitative estimate of drug-likeness (QED) is 0.0714. The Morgan fingerprint density at radius 3 is 2.66 bits per heavy atom. The highest BCUT2D eigenvalue weighted by Crippen LogP contribution is 2.30. The van der Waals surface area contributed by atoms with E-state index >= 15 is 0 Å². The molecular weight excluding hydrogens is 721 g/mol. The molecule has 1 aliphatic rings. The maximum Gasteiger partial charge on any atom is 0.300 e. The van der Waals surface area contributed by atoms with Gasteiger partial charge in [0.25, 0.3) is 0 Å². The minimum absolute atomic E-state index is 0.0192. The first-order valence-corrected chi connectivity index (χ1v) is 20.1. The van der Waals surface area contributed by atoms with E-state index in [0.717, 1.165) is 33.5 Å². The van der Waals surface area contributed by atoms with Crippen molar-refractivity contribution in [1.82, 2.24) is 20.4 Å². The number of aromatic nitrogens is 2. The molecule has 2 N–H and O–H groups in total. The Morgan fingerprint density at radius 1 is 1.15 bits per heavy atom. The lowest BCUT2D eigenvalue weighted by Gasteiger charge is -2.28. The fourth-order valence-electron chi connectivity index (χ4n) is 6.40. The Labute approximate surface area is 314 Å². The van der Waals surface area contributed by atoms with Crippen molar-refractivity contribution in [2.45, 2.75) is 76.5 Å². The number of benzene rings is 2. The lowest BCUT2D eigenvalue weighted by molar-refractivity contribution is -0.125. The maximum atomic E-state index is 13.3. The molecule has 0 radical (unpaired) electrons. The van der Waals surface area contributed by atoms with E-state index in [1.165, 1.54) is 6.07 Å². The molecule has 1 fully saturated rings. The number of hydrogen-bond donors (Lipinski definition) is 2. The number of ether oxygens (including phenoxy) is 2. The van der Waals surface area contributed by atoms with Crippen LogP contribution >= 0.6 is 11.3 Å². The van der Waals surface area contributed by atoms with E-state index in [2.05, 4.69) is 15.5 Å². The third-order valence-electron chi connectivity index (χ3n) is 9.15. The molecule has 0 saturated carbocycles. The number of nitrogens with zero attached hydrogens (tertiary/aromatic N) is 3. The number of carbonyl (C=O) groups is 2. The van der Waals surface area contributed by atoms with Crippen molar-refractivity contribution in [2.24, 2.45) is 5.92 Å². The molecule has 1 amide bonds. The monoisotopic (exact) mass is 768 g/mol. The summed E-state index contributed by atoms with van der Waals surface area (Å²) in [6.45, 7) is 9.32. The van der Waals surface area contributed by atoms with Crippen LogP contribution in [0.5, 0.6) is 5.75 Å². The molecule has 0 spiro atoms. The van der Waals surface area contributed by atoms with Gasteiger partial charge in [0.1, 0.15) is 29.3 Å². The van der Waals surface area contributed by atoms with Gasteiger partial charge >= 0.3 is 10.1 Å². The second kappa shape index (κ2) is 18.9. The number of rotatable bonds is 20. The lowest BCUT2D eigenvalue weighted by atomic mass is 9.92. The minimum atomic E-state index is -3.92. The topological polar surface area (TPSA) is 170 Å². The summed E-state index contributed by atoms with van der Waals surface area (Å²) in [5.74, 6) is -0.284. The van der Waals surface area contributed by atoms with E-state index in [-0.39, 0.29) is 42.3 Å². The SMILES string of the molecule is CCOS(=O)(=O)c1ccc(C)cc1OCCOCCCc1cc(C(C=O)C(C)CN2C[C@H](O)C[C@H]2C(=O)NCc2ccc(-c3scnc3C)cc2)on1. The molecule has 2 aromatic carbocycles. The fourth-order valence-corrected chi connectivity index (χ4v) is 8.25. The molecule has 13 nitrogen and oxygen atoms in total. The molecule has 0 aliphatic carbocycles. The zero-order valence-corrected chi connectivity index (χ0v) is 32.2. The second-order valence-electron chi connectivity index (χ2n) is 13.3. The molecule has 4 aromatic rings. The van der Waals surface area contributed by atoms with Gasteiger partial charge in [0.15, 0.2) is 0 Å². The van der Waals surface area contributed by atoms with Crippen LogP contribution in [0.3, 0.4) is 0 Å². The number of carbonyl (C=O) groups excluding carboxylic acids is 2. The molecule has 1 aliphatic heterocycles. The summed E-state index contributed by atoms with van der Waals surface area (Å²) >= 11 is 1.59. The second-order valence-corrected chi connectivity index (χ2v) is 15.7. The minimum Gasteiger partial charge on any atom is -0.490 e. The van der Waals surface area contributed by atoms with E-state index in [4.69, 9.17) is 18.2 Å². The van der Waals surface area contributed by atoms with Crippen LogP contribution in [0.2, 0.25) is 0 Å². The number of aliphatic hydroxyl groups excluding tert-OH is 1. The number of β-amino-alcohol motifs (C(OH)–C–C–N with tert-alkyl or cyclic N) is 1. The zero-order valence-electron chi connectivity index (χ0n) is 30.5. The number of aldehydes is 1. The number of aliphatic hydroxyl groups is 1. The number of nitrogens with one attached hydrogen (secondary N) is 1. The van der Waals surface area contributed by atoms with Gasteiger partial charge < -0.3 is 29.2 Å². The van der Waals surface area contributed by atoms with Gasteiger partial charge in [-0.25, -0.2) is 4.98 Å². The molecule has 2 aromatic heterocycles. The van der Waals surface area contributed by atoms with Gasteiger partial charge in [0.05, 0.1) is 53.1 Å². The van der Waals surface area contributed by atoms with Crippen molar-refractivity contribution in [3.63, 3.8) is 0 Å². The van der Waals surface area contributed by atoms with Gasteiger partial charge in [-0.15, -0.1) is 11.3 Å². The molecule has 1 saturated heterocycles. The van der Waals surface area contributed by atoms with Crippen LogP contribution in [0.1, 0.15) is 60.9 Å². The maximum absolute atomic E-state index is 13.3. The number of aryl methyl sites for hydroxylation is 3. The van der Waals surface area contributed by atoms with Crippen molar-refractivity contribution in [2.75, 3.05) is 39.5 Å². The van der Waals surface area contributed by atoms with Crippen molar-refractivity contribution in [1.29, 1.82) is 0 Å². The van der Waals surface area contributed by atoms with Crippen LogP contribution in [-0.2, 0) is 41.6 Å². The first-order chi connectivity index (χ1) is 25.5. The highest BCUT2D eigenvalue weighted by molar-refractivity contribution is 7.86. The van der Waals surface area contributed by atoms with E-state index in [0.29, 0.717) is 57.0 Å². The third-order valence-corrected chi connectivity index (χ3v) is 11.5. The molecule has 286 valence electrons. The Balaban J connectivity index is 1.05. The summed E-state index contributed by atoms with van der Waals surface area (Å²) in [7, 11) is -3.92. The fraction of sp³-hybridized carbons (Fsp3) is 0.474. The van der Waals surface area contributed by atoms with Gasteiger partial charge in [-0.05, 0) is 74.8 Å². The highest BCUT2D eigenvalue weighted by Gasteiger charge is 2.38. The average Bonchev–Trinajstić information content (AvgIpc) is 3.87. The number of likely N-dealkylation sites (tertiary alicyclic amines) is 1. The van der Waals surface area contributed by atoms with Crippen LogP contribution in [0, 0.1) is 19.8 Å². The molecule has 0 bridgehead atoms. The molecule has 2 unspecified atom stereocenters. The molecular formula is C38H48N4O9S2. The molecule has 15 heteroatoms. The van der Waals surface area contributed by atoms with Crippen molar-refractivity contribution in [3.05, 3.63) is 82.3 Å². The largest absolute Gasteiger partial charge is 0.490 e. The molecule has 5 rings (SSSR count). The Morgan fingerprint density at radius 2 is 1.94 bits per heavy atom. The zero-order chi connectivity index (χ0) is 38.0. The predicted octanol–water partition coefficient (Wildman–Crippen LogP) is 4.84. The normalized spacial score (nSPS) is 17.5. The van der Waals surface area contributed by atoms with E-state index in [9.17, 15) is 23.1 Å². The van der Waals surface area contributed by atoms with E-state index in [1.54, 1.807) is 36.5 Å². The van der Waals surface area contributed by atoms with Crippen LogP contribution in [0.15, 0.2) is 63.5 Å². The highest BCUT2D eigenvalue weighted by atomic mass is 32.2. The molecule has 53 heavy (non-hydrogen) atoms. The summed E-state index contributed by atoms with van der Waals surface area (Å²) in [5, 5.41) is 17.7. The van der Waals surface area contributed by atoms with E-state index in [1.807, 2.05) is 55.4 Å². The summed E-state index contributed by atoms with van der Waals surface area (Å²) in [6, 6.07) is 14.1.